The van der Waals surface area contributed by atoms with Crippen molar-refractivity contribution in [2.45, 2.75) is 26.7 Å². The van der Waals surface area contributed by atoms with Gasteiger partial charge in [-0.15, -0.1) is 5.10 Å². The first-order valence-corrected chi connectivity index (χ1v) is 9.54. The van der Waals surface area contributed by atoms with E-state index >= 15 is 0 Å². The fourth-order valence-corrected chi connectivity index (χ4v) is 3.32. The van der Waals surface area contributed by atoms with Crippen LogP contribution in [0.15, 0.2) is 54.6 Å². The Bertz CT molecular complexity index is 927. The van der Waals surface area contributed by atoms with Crippen molar-refractivity contribution in [3.8, 4) is 16.8 Å². The molecular weight excluding hydrogens is 336 g/mol. The smallest absolute Gasteiger partial charge is 0.276 e. The summed E-state index contributed by atoms with van der Waals surface area (Å²) < 4.78 is 1.74. The van der Waals surface area contributed by atoms with E-state index in [-0.39, 0.29) is 5.91 Å². The first-order valence-electron chi connectivity index (χ1n) is 9.54. The lowest BCUT2D eigenvalue weighted by molar-refractivity contribution is 0.0750. The van der Waals surface area contributed by atoms with Gasteiger partial charge >= 0.3 is 0 Å². The average Bonchev–Trinajstić information content (AvgIpc) is 3.46. The zero-order valence-corrected chi connectivity index (χ0v) is 15.8. The lowest BCUT2D eigenvalue weighted by Crippen LogP contribution is -2.33. The van der Waals surface area contributed by atoms with E-state index < -0.39 is 0 Å². The molecule has 0 aliphatic heterocycles. The molecule has 0 unspecified atom stereocenters. The molecule has 1 aromatic heterocycles. The minimum absolute atomic E-state index is 0.0194. The fraction of sp³-hybridized carbons (Fsp3) is 0.318. The molecule has 0 saturated heterocycles. The van der Waals surface area contributed by atoms with E-state index in [1.165, 1.54) is 18.4 Å². The van der Waals surface area contributed by atoms with E-state index in [1.54, 1.807) is 4.68 Å². The first-order chi connectivity index (χ1) is 13.2. The highest BCUT2D eigenvalue weighted by atomic mass is 16.2. The Balaban J connectivity index is 1.57. The number of nitrogens with zero attached hydrogens (tertiary/aromatic N) is 4. The Morgan fingerprint density at radius 3 is 2.37 bits per heavy atom. The normalized spacial score (nSPS) is 13.6. The number of carbonyl (C=O) groups is 1. The summed E-state index contributed by atoms with van der Waals surface area (Å²) in [5.41, 5.74) is 4.46. The summed E-state index contributed by atoms with van der Waals surface area (Å²) in [6.45, 7) is 5.45. The molecule has 3 aromatic rings. The Hall–Kier alpha value is -2.95. The molecule has 0 N–H and O–H groups in total. The summed E-state index contributed by atoms with van der Waals surface area (Å²) >= 11 is 0. The monoisotopic (exact) mass is 360 g/mol. The summed E-state index contributed by atoms with van der Waals surface area (Å²) in [4.78, 5) is 14.7. The molecule has 0 bridgehead atoms. The number of aromatic nitrogens is 3. The molecule has 0 atom stereocenters. The van der Waals surface area contributed by atoms with Crippen molar-refractivity contribution < 1.29 is 4.79 Å². The van der Waals surface area contributed by atoms with Gasteiger partial charge in [0.05, 0.1) is 11.4 Å². The van der Waals surface area contributed by atoms with Crippen LogP contribution < -0.4 is 0 Å². The van der Waals surface area contributed by atoms with E-state index in [1.807, 2.05) is 49.1 Å². The zero-order chi connectivity index (χ0) is 18.8. The number of amides is 1. The molecule has 4 rings (SSSR count). The topological polar surface area (TPSA) is 51.0 Å². The molecule has 1 aliphatic carbocycles. The van der Waals surface area contributed by atoms with Gasteiger partial charge in [-0.05, 0) is 55.9 Å². The van der Waals surface area contributed by atoms with Crippen LogP contribution >= 0.6 is 0 Å². The van der Waals surface area contributed by atoms with Gasteiger partial charge in [-0.2, -0.15) is 0 Å². The lowest BCUT2D eigenvalue weighted by Gasteiger charge is -2.19. The van der Waals surface area contributed by atoms with Gasteiger partial charge in [-0.3, -0.25) is 4.79 Å². The molecule has 5 nitrogen and oxygen atoms in total. The lowest BCUT2D eigenvalue weighted by atomic mass is 10.1. The van der Waals surface area contributed by atoms with E-state index in [4.69, 9.17) is 0 Å². The molecule has 138 valence electrons. The van der Waals surface area contributed by atoms with Crippen LogP contribution in [0.1, 0.15) is 35.9 Å². The first kappa shape index (κ1) is 17.5. The van der Waals surface area contributed by atoms with Gasteiger partial charge in [0.25, 0.3) is 5.91 Å². The number of hydrogen-bond donors (Lipinski definition) is 0. The summed E-state index contributed by atoms with van der Waals surface area (Å²) in [5, 5.41) is 8.43. The Morgan fingerprint density at radius 1 is 1.07 bits per heavy atom. The maximum atomic E-state index is 12.9. The molecule has 1 heterocycles. The quantitative estimate of drug-likeness (QED) is 0.664. The van der Waals surface area contributed by atoms with E-state index in [0.717, 1.165) is 23.5 Å². The molecule has 2 aromatic carbocycles. The largest absolute Gasteiger partial charge is 0.337 e. The van der Waals surface area contributed by atoms with Crippen molar-refractivity contribution in [3.05, 3.63) is 66.0 Å². The van der Waals surface area contributed by atoms with Crippen LogP contribution in [0.2, 0.25) is 0 Å². The van der Waals surface area contributed by atoms with Gasteiger partial charge in [0.1, 0.15) is 0 Å². The molecule has 5 heteroatoms. The maximum Gasteiger partial charge on any atom is 0.276 e. The SMILES string of the molecule is CCN(CC1CC1)C(=O)c1nnn(-c2ccc(-c3ccccc3)cc2)c1C. The van der Waals surface area contributed by atoms with Crippen LogP contribution in [0.4, 0.5) is 0 Å². The second-order valence-electron chi connectivity index (χ2n) is 7.14. The van der Waals surface area contributed by atoms with Gasteiger partial charge in [0.15, 0.2) is 5.69 Å². The van der Waals surface area contributed by atoms with E-state index in [2.05, 4.69) is 34.6 Å². The van der Waals surface area contributed by atoms with Crippen molar-refractivity contribution in [3.63, 3.8) is 0 Å². The Labute approximate surface area is 159 Å². The molecule has 0 spiro atoms. The molecule has 27 heavy (non-hydrogen) atoms. The van der Waals surface area contributed by atoms with E-state index in [9.17, 15) is 4.79 Å². The van der Waals surface area contributed by atoms with Gasteiger partial charge in [-0.25, -0.2) is 4.68 Å². The van der Waals surface area contributed by atoms with Crippen LogP contribution in [-0.2, 0) is 0 Å². The van der Waals surface area contributed by atoms with E-state index in [0.29, 0.717) is 18.2 Å². The molecule has 1 saturated carbocycles. The minimum atomic E-state index is -0.0194. The Kier molecular flexibility index (Phi) is 4.75. The van der Waals surface area contributed by atoms with Gasteiger partial charge in [0, 0.05) is 13.1 Å². The fourth-order valence-electron chi connectivity index (χ4n) is 3.32. The number of benzene rings is 2. The molecule has 1 fully saturated rings. The van der Waals surface area contributed by atoms with Crippen molar-refractivity contribution >= 4 is 5.91 Å². The van der Waals surface area contributed by atoms with Crippen molar-refractivity contribution in [2.75, 3.05) is 13.1 Å². The van der Waals surface area contributed by atoms with Crippen molar-refractivity contribution in [2.24, 2.45) is 5.92 Å². The van der Waals surface area contributed by atoms with Gasteiger partial charge < -0.3 is 4.90 Å². The predicted octanol–water partition coefficient (Wildman–Crippen LogP) is 4.11. The second-order valence-corrected chi connectivity index (χ2v) is 7.14. The molecule has 0 radical (unpaired) electrons. The third-order valence-corrected chi connectivity index (χ3v) is 5.16. The summed E-state index contributed by atoms with van der Waals surface area (Å²) in [6.07, 6.45) is 2.45. The zero-order valence-electron chi connectivity index (χ0n) is 15.8. The highest BCUT2D eigenvalue weighted by Crippen LogP contribution is 2.30. The van der Waals surface area contributed by atoms with Crippen molar-refractivity contribution in [1.29, 1.82) is 0 Å². The Morgan fingerprint density at radius 2 is 1.74 bits per heavy atom. The minimum Gasteiger partial charge on any atom is -0.337 e. The van der Waals surface area contributed by atoms with Crippen LogP contribution in [0.25, 0.3) is 16.8 Å². The number of rotatable bonds is 6. The maximum absolute atomic E-state index is 12.9. The highest BCUT2D eigenvalue weighted by molar-refractivity contribution is 5.93. The van der Waals surface area contributed by atoms with Crippen LogP contribution in [0.5, 0.6) is 0 Å². The predicted molar refractivity (Wildman–Crippen MR) is 106 cm³/mol. The summed E-state index contributed by atoms with van der Waals surface area (Å²) in [7, 11) is 0. The third-order valence-electron chi connectivity index (χ3n) is 5.16. The molecule has 1 aliphatic rings. The second kappa shape index (κ2) is 7.35. The van der Waals surface area contributed by atoms with Gasteiger partial charge in [-0.1, -0.05) is 47.7 Å². The van der Waals surface area contributed by atoms with Crippen LogP contribution in [0.3, 0.4) is 0 Å². The number of carbonyl (C=O) groups excluding carboxylic acids is 1. The summed E-state index contributed by atoms with van der Waals surface area (Å²) in [6, 6.07) is 18.4. The molecule has 1 amide bonds. The number of hydrogen-bond acceptors (Lipinski definition) is 3. The van der Waals surface area contributed by atoms with Crippen LogP contribution in [-0.4, -0.2) is 38.9 Å². The van der Waals surface area contributed by atoms with Crippen molar-refractivity contribution in [1.82, 2.24) is 19.9 Å². The summed E-state index contributed by atoms with van der Waals surface area (Å²) in [5.74, 6) is 0.642. The standard InChI is InChI=1S/C22H24N4O/c1-3-25(15-17-9-10-17)22(27)21-16(2)26(24-23-21)20-13-11-19(12-14-20)18-7-5-4-6-8-18/h4-8,11-14,17H,3,9-10,15H2,1-2H3. The third kappa shape index (κ3) is 3.63. The average molecular weight is 360 g/mol. The van der Waals surface area contributed by atoms with Gasteiger partial charge in [0.2, 0.25) is 0 Å². The van der Waals surface area contributed by atoms with Crippen LogP contribution in [0, 0.1) is 12.8 Å². The highest BCUT2D eigenvalue weighted by Gasteiger charge is 2.28. The molecular formula is C22H24N4O.